The highest BCUT2D eigenvalue weighted by atomic mass is 32.3. The number of nitrogens with one attached hydrogen (secondary N) is 1. The lowest BCUT2D eigenvalue weighted by molar-refractivity contribution is -0.437. The summed E-state index contributed by atoms with van der Waals surface area (Å²) in [5, 5.41) is -1.03. The van der Waals surface area contributed by atoms with Crippen LogP contribution in [0.25, 0.3) is 27.1 Å². The molecule has 0 saturated carbocycles. The van der Waals surface area contributed by atoms with Crippen molar-refractivity contribution < 1.29 is 155 Å². The molecule has 109 heavy (non-hydrogen) atoms. The van der Waals surface area contributed by atoms with E-state index in [1.165, 1.54) is 74.0 Å². The molecule has 9 N–H and O–H groups in total. The number of carbonyl (C=O) groups excluding carboxylic acids is 3. The predicted octanol–water partition coefficient (Wildman–Crippen LogP) is 3.86. The van der Waals surface area contributed by atoms with E-state index in [1.54, 1.807) is 0 Å². The summed E-state index contributed by atoms with van der Waals surface area (Å²) in [5.41, 5.74) is -4.07. The summed E-state index contributed by atoms with van der Waals surface area (Å²) >= 11 is 0. The van der Waals surface area contributed by atoms with Gasteiger partial charge in [0.25, 0.3) is 92.8 Å². The van der Waals surface area contributed by atoms with E-state index in [9.17, 15) is 127 Å². The highest BCUT2D eigenvalue weighted by molar-refractivity contribution is 7.89. The van der Waals surface area contributed by atoms with Crippen LogP contribution < -0.4 is 19.1 Å². The van der Waals surface area contributed by atoms with Gasteiger partial charge in [-0.3, -0.25) is 46.0 Å². The number of sulfonamides is 1. The molecule has 3 heterocycles. The number of rotatable bonds is 38. The zero-order valence-electron chi connectivity index (χ0n) is 57.9. The largest absolute Gasteiger partial charge is 0.493 e. The summed E-state index contributed by atoms with van der Waals surface area (Å²) in [5.74, 6) is -8.21. The molecule has 38 nitrogen and oxygen atoms in total. The summed E-state index contributed by atoms with van der Waals surface area (Å²) in [4.78, 5) is 38.7. The van der Waals surface area contributed by atoms with Crippen LogP contribution in [-0.2, 0) is 130 Å². The average molecular weight is 1710 g/mol. The van der Waals surface area contributed by atoms with Crippen molar-refractivity contribution in [3.8, 4) is 11.5 Å². The van der Waals surface area contributed by atoms with E-state index >= 15 is 0 Å². The van der Waals surface area contributed by atoms with Crippen molar-refractivity contribution in [3.05, 3.63) is 107 Å². The lowest BCUT2D eigenvalue weighted by atomic mass is 9.74. The smallest absolute Gasteiger partial charge is 0.334 e. The lowest BCUT2D eigenvalue weighted by Crippen LogP contribution is -2.34. The van der Waals surface area contributed by atoms with Gasteiger partial charge in [-0.15, -0.1) is 5.06 Å². The van der Waals surface area contributed by atoms with Gasteiger partial charge in [-0.25, -0.2) is 17.9 Å². The van der Waals surface area contributed by atoms with Gasteiger partial charge in [0, 0.05) is 117 Å². The first kappa shape index (κ1) is 87.2. The molecular weight excluding hydrogens is 1630 g/mol. The van der Waals surface area contributed by atoms with Crippen molar-refractivity contribution in [2.24, 2.45) is 0 Å². The molecular formula is C62H75N4O34S9+. The fourth-order valence-electron chi connectivity index (χ4n) is 12.9. The van der Waals surface area contributed by atoms with E-state index in [4.69, 9.17) is 23.8 Å². The predicted molar refractivity (Wildman–Crippen MR) is 386 cm³/mol. The molecule has 47 heteroatoms. The van der Waals surface area contributed by atoms with Gasteiger partial charge in [0.2, 0.25) is 15.7 Å². The number of methoxy groups -OCH3 is 2. The van der Waals surface area contributed by atoms with Gasteiger partial charge in [0.15, 0.2) is 5.71 Å². The number of benzene rings is 5. The van der Waals surface area contributed by atoms with Gasteiger partial charge in [-0.2, -0.15) is 71.9 Å². The Morgan fingerprint density at radius 2 is 1.02 bits per heavy atom. The van der Waals surface area contributed by atoms with E-state index in [-0.39, 0.29) is 105 Å². The molecule has 2 unspecified atom stereocenters. The first-order valence-corrected chi connectivity index (χ1v) is 45.9. The molecule has 3 aliphatic rings. The van der Waals surface area contributed by atoms with Crippen LogP contribution in [0.1, 0.15) is 88.3 Å². The zero-order chi connectivity index (χ0) is 81.2. The summed E-state index contributed by atoms with van der Waals surface area (Å²) in [6.45, 7) is -0.682. The monoisotopic (exact) mass is 1710 g/mol. The normalized spacial score (nSPS) is 18.3. The molecule has 5 aromatic carbocycles. The number of carbonyl (C=O) groups is 3. The molecule has 1 fully saturated rings. The van der Waals surface area contributed by atoms with E-state index < -0.39 is 249 Å². The maximum absolute atomic E-state index is 14.7. The Bertz CT molecular complexity index is 5670. The SMILES string of the molecule is COCCC1(C)C(/C=C/C(=C/C=C2/N(CCCS(=O)(=O)O)c3ccc4c(S(=O)(=O)O)cc(S(=O)(=O)O)cc4c3C2(C)CCOC)c2c(OCCCS(=O)(=O)O)cc(S(=O)(=O)NCCC(=O)ON3C(=O)CCC3=O)cc2OCCCS(=O)(=O)O)=[N+](CCCS(=O)(=O)O)c2ccc3c(S(=O)(=O)O)cc(S(=O)(=O)O)cc3c21. The van der Waals surface area contributed by atoms with Gasteiger partial charge in [0.05, 0.1) is 68.3 Å². The molecule has 0 spiro atoms. The van der Waals surface area contributed by atoms with Crippen molar-refractivity contribution in [2.45, 2.75) is 107 Å². The Labute approximate surface area is 627 Å². The highest BCUT2D eigenvalue weighted by Crippen LogP contribution is 2.55. The molecule has 2 amide bonds. The Balaban J connectivity index is 1.55. The van der Waals surface area contributed by atoms with Crippen molar-refractivity contribution in [1.29, 1.82) is 0 Å². The Morgan fingerprint density at radius 1 is 0.550 bits per heavy atom. The lowest BCUT2D eigenvalue weighted by Gasteiger charge is -2.31. The number of amides is 2. The summed E-state index contributed by atoms with van der Waals surface area (Å²) in [6, 6.07) is 9.27. The number of imide groups is 1. The van der Waals surface area contributed by atoms with Crippen LogP contribution in [0.2, 0.25) is 0 Å². The summed E-state index contributed by atoms with van der Waals surface area (Å²) in [7, 11) is -43.2. The first-order valence-electron chi connectivity index (χ1n) is 32.2. The van der Waals surface area contributed by atoms with Crippen LogP contribution in [0, 0.1) is 0 Å². The molecule has 600 valence electrons. The second-order valence-corrected chi connectivity index (χ2v) is 39.1. The molecule has 0 aliphatic carbocycles. The Morgan fingerprint density at radius 3 is 1.50 bits per heavy atom. The number of hydrogen-bond donors (Lipinski definition) is 9. The fourth-order valence-corrected chi connectivity index (χ4v) is 18.6. The third-order valence-electron chi connectivity index (χ3n) is 17.7. The molecule has 8 rings (SSSR count). The van der Waals surface area contributed by atoms with Crippen LogP contribution in [0.4, 0.5) is 11.4 Å². The summed E-state index contributed by atoms with van der Waals surface area (Å²) in [6.07, 6.45) is 1.11. The number of fused-ring (bicyclic) bond motifs is 6. The number of nitrogens with zero attached hydrogens (tertiary/aromatic N) is 3. The quantitative estimate of drug-likeness (QED) is 0.00890. The van der Waals surface area contributed by atoms with Crippen molar-refractivity contribution in [3.63, 3.8) is 0 Å². The van der Waals surface area contributed by atoms with Crippen molar-refractivity contribution in [2.75, 3.05) is 88.2 Å². The molecule has 0 radical (unpaired) electrons. The van der Waals surface area contributed by atoms with Gasteiger partial charge in [-0.05, 0) is 116 Å². The van der Waals surface area contributed by atoms with Crippen LogP contribution in [-0.4, -0.2) is 229 Å². The second kappa shape index (κ2) is 33.1. The number of hydroxylamine groups is 2. The topological polar surface area (TPSA) is 588 Å². The highest BCUT2D eigenvalue weighted by Gasteiger charge is 2.50. The summed E-state index contributed by atoms with van der Waals surface area (Å²) < 4.78 is 343. The number of hydrogen-bond acceptors (Lipinski definition) is 27. The van der Waals surface area contributed by atoms with Crippen molar-refractivity contribution in [1.82, 2.24) is 9.79 Å². The molecule has 5 aromatic rings. The molecule has 3 aliphatic heterocycles. The van der Waals surface area contributed by atoms with E-state index in [0.29, 0.717) is 12.1 Å². The zero-order valence-corrected chi connectivity index (χ0v) is 65.3. The van der Waals surface area contributed by atoms with Crippen molar-refractivity contribution >= 4 is 153 Å². The Kier molecular flexibility index (Phi) is 26.5. The molecule has 2 atom stereocenters. The second-order valence-electron chi connectivity index (χ2n) is 25.4. The van der Waals surface area contributed by atoms with Crippen LogP contribution in [0.15, 0.2) is 115 Å². The third-order valence-corrected chi connectivity index (χ3v) is 25.8. The standard InChI is InChI=1S/C62H74N4O34S9/c1-61(20-27-96-3)53(64(23-5-29-101(70,71)72)47-13-11-43-45(59(47)61)33-41(106(84,85)86)37-51(43)108(90,91)92)15-9-39(10-16-54-62(2,21-28-97-4)60-46-34-42(107(87,88)89)38-52(109(93,94)95)44(46)12-14-48(60)65(54)24-6-30-102(73,74)75)58-49(98-25-7-31-103(76,77)78)35-40(36-50(58)99-26-8-32-104(79,80)81)105(82,83)63-22-19-57(69)100-66-55(67)17-18-56(66)68/h9-16,33-38,63H,5-8,17-32H2,1-4H3,(H7-,70,71,72,73,74,75,76,77,78,79,80,81,84,85,86,87,88,89,90,91,92,93,94,95)/p+1. The third kappa shape index (κ3) is 21.3. The van der Waals surface area contributed by atoms with Crippen LogP contribution >= 0.6 is 0 Å². The number of allylic oxidation sites excluding steroid dienone is 6. The van der Waals surface area contributed by atoms with Gasteiger partial charge < -0.3 is 28.7 Å². The van der Waals surface area contributed by atoms with E-state index in [0.717, 1.165) is 36.4 Å². The first-order chi connectivity index (χ1) is 50.2. The van der Waals surface area contributed by atoms with Crippen LogP contribution in [0.3, 0.4) is 0 Å². The van der Waals surface area contributed by atoms with Gasteiger partial charge in [0.1, 0.15) is 27.8 Å². The Hall–Kier alpha value is -7.37. The van der Waals surface area contributed by atoms with Gasteiger partial charge in [-0.1, -0.05) is 12.1 Å². The number of ether oxygens (including phenoxy) is 4. The molecule has 0 aromatic heterocycles. The minimum absolute atomic E-state index is 0.00960. The van der Waals surface area contributed by atoms with E-state index in [1.807, 2.05) is 0 Å². The average Bonchev–Trinajstić information content (AvgIpc) is 1.57. The maximum atomic E-state index is 14.7. The number of anilines is 1. The minimum atomic E-state index is -5.40. The maximum Gasteiger partial charge on any atom is 0.334 e. The van der Waals surface area contributed by atoms with Crippen LogP contribution in [0.5, 0.6) is 11.5 Å². The van der Waals surface area contributed by atoms with E-state index in [2.05, 4.69) is 4.72 Å². The van der Waals surface area contributed by atoms with Gasteiger partial charge >= 0.3 is 5.97 Å². The molecule has 1 saturated heterocycles. The fraction of sp³-hybridized carbons (Fsp3) is 0.419. The minimum Gasteiger partial charge on any atom is -0.493 e. The molecule has 0 bridgehead atoms.